The summed E-state index contributed by atoms with van der Waals surface area (Å²) in [6.07, 6.45) is 2.55. The molecule has 108 valence electrons. The summed E-state index contributed by atoms with van der Waals surface area (Å²) in [6.45, 7) is 4.07. The zero-order valence-corrected chi connectivity index (χ0v) is 12.0. The first-order chi connectivity index (χ1) is 9.63. The number of hydrogen-bond acceptors (Lipinski definition) is 3. The Bertz CT molecular complexity index is 472. The van der Waals surface area contributed by atoms with Crippen molar-refractivity contribution in [2.45, 2.75) is 51.9 Å². The van der Waals surface area contributed by atoms with Crippen LogP contribution < -0.4 is 0 Å². The molecule has 0 radical (unpaired) electrons. The Morgan fingerprint density at radius 3 is 2.75 bits per heavy atom. The average molecular weight is 275 g/mol. The number of carbonyl (C=O) groups is 2. The van der Waals surface area contributed by atoms with Crippen molar-refractivity contribution in [2.75, 3.05) is 0 Å². The highest BCUT2D eigenvalue weighted by atomic mass is 16.5. The molecule has 1 fully saturated rings. The third kappa shape index (κ3) is 3.25. The lowest BCUT2D eigenvalue weighted by atomic mass is 10.2. The number of hydrogen-bond donors (Lipinski definition) is 0. The zero-order chi connectivity index (χ0) is 14.5. The van der Waals surface area contributed by atoms with Crippen LogP contribution >= 0.6 is 0 Å². The van der Waals surface area contributed by atoms with Crippen molar-refractivity contribution in [1.82, 2.24) is 4.90 Å². The Morgan fingerprint density at radius 2 is 2.10 bits per heavy atom. The van der Waals surface area contributed by atoms with Crippen LogP contribution in [0.2, 0.25) is 0 Å². The number of nitrogens with zero attached hydrogens (tertiary/aromatic N) is 1. The Morgan fingerprint density at radius 1 is 1.40 bits per heavy atom. The number of rotatable bonds is 5. The fraction of sp³-hybridized carbons (Fsp3) is 0.500. The smallest absolute Gasteiger partial charge is 0.262 e. The molecule has 1 aromatic carbocycles. The molecule has 1 saturated heterocycles. The Hall–Kier alpha value is -1.68. The van der Waals surface area contributed by atoms with E-state index in [1.165, 1.54) is 4.90 Å². The zero-order valence-electron chi connectivity index (χ0n) is 12.0. The third-order valence-electron chi connectivity index (χ3n) is 3.49. The maximum atomic E-state index is 12.4. The van der Waals surface area contributed by atoms with Crippen molar-refractivity contribution >= 4 is 11.8 Å². The molecule has 0 aliphatic carbocycles. The van der Waals surface area contributed by atoms with Gasteiger partial charge in [0.05, 0.1) is 6.10 Å². The quantitative estimate of drug-likeness (QED) is 0.776. The summed E-state index contributed by atoms with van der Waals surface area (Å²) >= 11 is 0. The van der Waals surface area contributed by atoms with Crippen LogP contribution in [-0.2, 0) is 9.53 Å². The number of imide groups is 1. The molecule has 1 heterocycles. The molecule has 20 heavy (non-hydrogen) atoms. The molecule has 1 aromatic rings. The highest BCUT2D eigenvalue weighted by molar-refractivity contribution is 6.05. The van der Waals surface area contributed by atoms with Gasteiger partial charge in [-0.2, -0.15) is 0 Å². The van der Waals surface area contributed by atoms with Gasteiger partial charge in [0, 0.05) is 18.4 Å². The summed E-state index contributed by atoms with van der Waals surface area (Å²) in [5.74, 6) is -0.408. The van der Waals surface area contributed by atoms with E-state index in [1.54, 1.807) is 24.3 Å². The van der Waals surface area contributed by atoms with Crippen LogP contribution in [-0.4, -0.2) is 29.0 Å². The summed E-state index contributed by atoms with van der Waals surface area (Å²) in [5.41, 5.74) is 0.527. The minimum Gasteiger partial charge on any atom is -0.355 e. The summed E-state index contributed by atoms with van der Waals surface area (Å²) in [6, 6.07) is 8.88. The number of amides is 2. The largest absolute Gasteiger partial charge is 0.355 e. The van der Waals surface area contributed by atoms with Crippen LogP contribution in [0.3, 0.4) is 0 Å². The number of ether oxygens (including phenoxy) is 1. The van der Waals surface area contributed by atoms with Gasteiger partial charge in [0.15, 0.2) is 0 Å². The first kappa shape index (κ1) is 14.7. The van der Waals surface area contributed by atoms with Crippen molar-refractivity contribution in [3.05, 3.63) is 35.9 Å². The first-order valence-electron chi connectivity index (χ1n) is 7.20. The summed E-state index contributed by atoms with van der Waals surface area (Å²) in [7, 11) is 0. The van der Waals surface area contributed by atoms with E-state index in [9.17, 15) is 9.59 Å². The molecular formula is C16H21NO3. The molecule has 1 aliphatic heterocycles. The molecule has 1 aliphatic rings. The lowest BCUT2D eigenvalue weighted by Crippen LogP contribution is -2.41. The van der Waals surface area contributed by atoms with Crippen LogP contribution in [0.15, 0.2) is 30.3 Å². The lowest BCUT2D eigenvalue weighted by Gasteiger charge is -2.26. The highest BCUT2D eigenvalue weighted by Gasteiger charge is 2.37. The fourth-order valence-corrected chi connectivity index (χ4v) is 2.49. The van der Waals surface area contributed by atoms with Crippen LogP contribution in [0.4, 0.5) is 0 Å². The van der Waals surface area contributed by atoms with Gasteiger partial charge >= 0.3 is 0 Å². The number of benzene rings is 1. The summed E-state index contributed by atoms with van der Waals surface area (Å²) in [5, 5.41) is 0. The van der Waals surface area contributed by atoms with Gasteiger partial charge in [-0.3, -0.25) is 14.5 Å². The molecule has 2 rings (SSSR count). The van der Waals surface area contributed by atoms with Gasteiger partial charge in [0.25, 0.3) is 5.91 Å². The maximum Gasteiger partial charge on any atom is 0.262 e. The third-order valence-corrected chi connectivity index (χ3v) is 3.49. The Balaban J connectivity index is 2.10. The Kier molecular flexibility index (Phi) is 4.90. The molecule has 2 amide bonds. The topological polar surface area (TPSA) is 46.6 Å². The summed E-state index contributed by atoms with van der Waals surface area (Å²) in [4.78, 5) is 25.7. The molecule has 0 aromatic heterocycles. The van der Waals surface area contributed by atoms with E-state index in [1.807, 2.05) is 13.0 Å². The molecule has 2 unspecified atom stereocenters. The van der Waals surface area contributed by atoms with Crippen molar-refractivity contribution < 1.29 is 14.3 Å². The second-order valence-electron chi connectivity index (χ2n) is 5.16. The van der Waals surface area contributed by atoms with Crippen LogP contribution in [0, 0.1) is 0 Å². The summed E-state index contributed by atoms with van der Waals surface area (Å²) < 4.78 is 5.86. The lowest BCUT2D eigenvalue weighted by molar-refractivity contribution is -0.134. The SMILES string of the molecule is CCCC(C)OC1CCC(=O)N1C(=O)c1ccccc1. The molecular weight excluding hydrogens is 254 g/mol. The van der Waals surface area contributed by atoms with Crippen LogP contribution in [0.25, 0.3) is 0 Å². The Labute approximate surface area is 119 Å². The van der Waals surface area contributed by atoms with Gasteiger partial charge in [0.1, 0.15) is 6.23 Å². The van der Waals surface area contributed by atoms with Gasteiger partial charge in [-0.1, -0.05) is 31.5 Å². The van der Waals surface area contributed by atoms with Crippen LogP contribution in [0.5, 0.6) is 0 Å². The first-order valence-corrected chi connectivity index (χ1v) is 7.20. The molecule has 2 atom stereocenters. The van der Waals surface area contributed by atoms with Crippen molar-refractivity contribution in [3.63, 3.8) is 0 Å². The second-order valence-corrected chi connectivity index (χ2v) is 5.16. The second kappa shape index (κ2) is 6.66. The molecule has 0 bridgehead atoms. The van der Waals surface area contributed by atoms with Crippen molar-refractivity contribution in [1.29, 1.82) is 0 Å². The van der Waals surface area contributed by atoms with Crippen LogP contribution in [0.1, 0.15) is 49.9 Å². The fourth-order valence-electron chi connectivity index (χ4n) is 2.49. The van der Waals surface area contributed by atoms with Crippen molar-refractivity contribution in [2.24, 2.45) is 0 Å². The molecule has 4 nitrogen and oxygen atoms in total. The normalized spacial score (nSPS) is 20.2. The van der Waals surface area contributed by atoms with Gasteiger partial charge in [-0.15, -0.1) is 0 Å². The molecule has 0 spiro atoms. The minimum atomic E-state index is -0.420. The van der Waals surface area contributed by atoms with E-state index in [4.69, 9.17) is 4.74 Å². The van der Waals surface area contributed by atoms with E-state index in [0.717, 1.165) is 12.8 Å². The van der Waals surface area contributed by atoms with Gasteiger partial charge in [-0.05, 0) is 25.5 Å². The number of carbonyl (C=O) groups excluding carboxylic acids is 2. The monoisotopic (exact) mass is 275 g/mol. The molecule has 0 saturated carbocycles. The van der Waals surface area contributed by atoms with E-state index in [0.29, 0.717) is 18.4 Å². The molecule has 0 N–H and O–H groups in total. The predicted molar refractivity (Wildman–Crippen MR) is 76.1 cm³/mol. The van der Waals surface area contributed by atoms with Crippen molar-refractivity contribution in [3.8, 4) is 0 Å². The predicted octanol–water partition coefficient (Wildman–Crippen LogP) is 2.98. The number of likely N-dealkylation sites (tertiary alicyclic amines) is 1. The highest BCUT2D eigenvalue weighted by Crippen LogP contribution is 2.24. The van der Waals surface area contributed by atoms with Gasteiger partial charge < -0.3 is 4.74 Å². The van der Waals surface area contributed by atoms with Gasteiger partial charge in [0.2, 0.25) is 5.91 Å². The van der Waals surface area contributed by atoms with E-state index in [-0.39, 0.29) is 17.9 Å². The maximum absolute atomic E-state index is 12.4. The average Bonchev–Trinajstić information content (AvgIpc) is 2.80. The van der Waals surface area contributed by atoms with E-state index in [2.05, 4.69) is 6.92 Å². The standard InChI is InChI=1S/C16H21NO3/c1-3-7-12(2)20-15-11-10-14(18)17(15)16(19)13-8-5-4-6-9-13/h4-6,8-9,12,15H,3,7,10-11H2,1-2H3. The minimum absolute atomic E-state index is 0.0574. The molecule has 4 heteroatoms. The van der Waals surface area contributed by atoms with E-state index < -0.39 is 6.23 Å². The van der Waals surface area contributed by atoms with E-state index >= 15 is 0 Å². The van der Waals surface area contributed by atoms with Gasteiger partial charge in [-0.25, -0.2) is 0 Å².